The molecule has 1 rings (SSSR count). The summed E-state index contributed by atoms with van der Waals surface area (Å²) in [4.78, 5) is 8.73. The van der Waals surface area contributed by atoms with Gasteiger partial charge in [-0.3, -0.25) is 4.98 Å². The van der Waals surface area contributed by atoms with Crippen LogP contribution in [0, 0.1) is 5.92 Å². The molecule has 0 radical (unpaired) electrons. The van der Waals surface area contributed by atoms with Gasteiger partial charge in [-0.2, -0.15) is 0 Å². The maximum atomic E-state index is 4.52. The summed E-state index contributed by atoms with van der Waals surface area (Å²) in [5.41, 5.74) is 0. The molecule has 0 bridgehead atoms. The molecule has 0 saturated heterocycles. The third-order valence-corrected chi connectivity index (χ3v) is 3.32. The fourth-order valence-electron chi connectivity index (χ4n) is 2.12. The van der Waals surface area contributed by atoms with E-state index >= 15 is 0 Å². The van der Waals surface area contributed by atoms with E-state index in [2.05, 4.69) is 48.3 Å². The number of hydrogen-bond acceptors (Lipinski definition) is 4. The van der Waals surface area contributed by atoms with Gasteiger partial charge < -0.3 is 10.6 Å². The molecule has 4 heteroatoms. The lowest BCUT2D eigenvalue weighted by Crippen LogP contribution is -2.25. The van der Waals surface area contributed by atoms with Crippen LogP contribution in [-0.2, 0) is 0 Å². The van der Waals surface area contributed by atoms with E-state index in [0.29, 0.717) is 12.0 Å². The van der Waals surface area contributed by atoms with Crippen LogP contribution in [0.5, 0.6) is 0 Å². The molecule has 0 fully saturated rings. The van der Waals surface area contributed by atoms with Gasteiger partial charge in [0.25, 0.3) is 0 Å². The van der Waals surface area contributed by atoms with E-state index in [1.54, 1.807) is 12.4 Å². The maximum Gasteiger partial charge on any atom is 0.147 e. The molecular formula is C14H26N4. The minimum atomic E-state index is 0.427. The van der Waals surface area contributed by atoms with Gasteiger partial charge in [0.2, 0.25) is 0 Å². The highest BCUT2D eigenvalue weighted by atomic mass is 15.1. The summed E-state index contributed by atoms with van der Waals surface area (Å²) < 4.78 is 0. The van der Waals surface area contributed by atoms with Crippen LogP contribution < -0.4 is 10.6 Å². The Bertz CT molecular complexity index is 336. The van der Waals surface area contributed by atoms with Crippen LogP contribution in [0.25, 0.3) is 0 Å². The van der Waals surface area contributed by atoms with Crippen molar-refractivity contribution >= 4 is 11.6 Å². The fourth-order valence-corrected chi connectivity index (χ4v) is 2.12. The van der Waals surface area contributed by atoms with E-state index in [9.17, 15) is 0 Å². The molecular weight excluding hydrogens is 224 g/mol. The number of rotatable bonds is 8. The summed E-state index contributed by atoms with van der Waals surface area (Å²) in [6.07, 6.45) is 7.01. The largest absolute Gasteiger partial charge is 0.369 e. The van der Waals surface area contributed by atoms with Crippen molar-refractivity contribution in [2.75, 3.05) is 17.2 Å². The summed E-state index contributed by atoms with van der Waals surface area (Å²) in [6.45, 7) is 9.75. The van der Waals surface area contributed by atoms with Crippen molar-refractivity contribution in [2.45, 2.75) is 53.0 Å². The van der Waals surface area contributed by atoms with E-state index in [-0.39, 0.29) is 0 Å². The second-order valence-electron chi connectivity index (χ2n) is 4.73. The zero-order chi connectivity index (χ0) is 13.4. The van der Waals surface area contributed by atoms with Crippen LogP contribution in [0.2, 0.25) is 0 Å². The molecule has 102 valence electrons. The van der Waals surface area contributed by atoms with Crippen molar-refractivity contribution in [1.29, 1.82) is 0 Å². The molecule has 0 aliphatic carbocycles. The first kappa shape index (κ1) is 14.7. The van der Waals surface area contributed by atoms with Crippen molar-refractivity contribution in [3.63, 3.8) is 0 Å². The number of anilines is 2. The Hall–Kier alpha value is -1.32. The van der Waals surface area contributed by atoms with Gasteiger partial charge in [0.05, 0.1) is 12.4 Å². The lowest BCUT2D eigenvalue weighted by Gasteiger charge is -2.23. The molecule has 1 aromatic rings. The van der Waals surface area contributed by atoms with E-state index < -0.39 is 0 Å². The molecule has 1 atom stereocenters. The lowest BCUT2D eigenvalue weighted by atomic mass is 9.96. The smallest absolute Gasteiger partial charge is 0.147 e. The second-order valence-corrected chi connectivity index (χ2v) is 4.73. The van der Waals surface area contributed by atoms with E-state index in [1.807, 2.05) is 0 Å². The molecule has 4 nitrogen and oxygen atoms in total. The highest BCUT2D eigenvalue weighted by molar-refractivity contribution is 5.42. The van der Waals surface area contributed by atoms with Gasteiger partial charge >= 0.3 is 0 Å². The van der Waals surface area contributed by atoms with Crippen LogP contribution in [-0.4, -0.2) is 22.6 Å². The first-order chi connectivity index (χ1) is 8.71. The molecule has 0 saturated carbocycles. The van der Waals surface area contributed by atoms with Crippen LogP contribution in [0.1, 0.15) is 47.0 Å². The van der Waals surface area contributed by atoms with Gasteiger partial charge in [-0.05, 0) is 19.3 Å². The van der Waals surface area contributed by atoms with E-state index in [1.165, 1.54) is 12.8 Å². The fraction of sp³-hybridized carbons (Fsp3) is 0.714. The maximum absolute atomic E-state index is 4.52. The van der Waals surface area contributed by atoms with Gasteiger partial charge in [0.15, 0.2) is 0 Å². The van der Waals surface area contributed by atoms with Crippen LogP contribution in [0.15, 0.2) is 12.4 Å². The molecule has 0 spiro atoms. The molecule has 0 amide bonds. The third kappa shape index (κ3) is 4.51. The van der Waals surface area contributed by atoms with Crippen LogP contribution >= 0.6 is 0 Å². The number of nitrogens with one attached hydrogen (secondary N) is 2. The topological polar surface area (TPSA) is 49.8 Å². The number of aromatic nitrogens is 2. The Morgan fingerprint density at radius 2 is 1.78 bits per heavy atom. The average Bonchev–Trinajstić information content (AvgIpc) is 2.38. The van der Waals surface area contributed by atoms with Gasteiger partial charge in [0.1, 0.15) is 11.6 Å². The molecule has 2 N–H and O–H groups in total. The third-order valence-electron chi connectivity index (χ3n) is 3.32. The number of nitrogens with zero attached hydrogens (tertiary/aromatic N) is 2. The van der Waals surface area contributed by atoms with E-state index in [0.717, 1.165) is 24.6 Å². The molecule has 1 heterocycles. The van der Waals surface area contributed by atoms with Crippen LogP contribution in [0.4, 0.5) is 11.6 Å². The molecule has 1 unspecified atom stereocenters. The highest BCUT2D eigenvalue weighted by Crippen LogP contribution is 2.17. The van der Waals surface area contributed by atoms with Crippen molar-refractivity contribution in [2.24, 2.45) is 5.92 Å². The Balaban J connectivity index is 2.60. The summed E-state index contributed by atoms with van der Waals surface area (Å²) in [7, 11) is 0. The summed E-state index contributed by atoms with van der Waals surface area (Å²) in [5, 5.41) is 6.70. The summed E-state index contributed by atoms with van der Waals surface area (Å²) >= 11 is 0. The first-order valence-corrected chi connectivity index (χ1v) is 7.03. The van der Waals surface area contributed by atoms with Gasteiger partial charge in [-0.15, -0.1) is 0 Å². The SMILES string of the molecule is CCCNc1cncc(NC(C)C(CC)CC)n1. The van der Waals surface area contributed by atoms with Crippen molar-refractivity contribution in [3.05, 3.63) is 12.4 Å². The molecule has 1 aromatic heterocycles. The van der Waals surface area contributed by atoms with Crippen LogP contribution in [0.3, 0.4) is 0 Å². The zero-order valence-corrected chi connectivity index (χ0v) is 12.0. The van der Waals surface area contributed by atoms with Crippen molar-refractivity contribution < 1.29 is 0 Å². The van der Waals surface area contributed by atoms with E-state index in [4.69, 9.17) is 0 Å². The Morgan fingerprint density at radius 3 is 2.39 bits per heavy atom. The predicted molar refractivity (Wildman–Crippen MR) is 78.0 cm³/mol. The minimum absolute atomic E-state index is 0.427. The molecule has 18 heavy (non-hydrogen) atoms. The average molecular weight is 250 g/mol. The zero-order valence-electron chi connectivity index (χ0n) is 12.0. The first-order valence-electron chi connectivity index (χ1n) is 7.03. The monoisotopic (exact) mass is 250 g/mol. The predicted octanol–water partition coefficient (Wildman–Crippen LogP) is 3.54. The normalized spacial score (nSPS) is 12.5. The number of hydrogen-bond donors (Lipinski definition) is 2. The van der Waals surface area contributed by atoms with Gasteiger partial charge in [0, 0.05) is 12.6 Å². The summed E-state index contributed by atoms with van der Waals surface area (Å²) in [5.74, 6) is 2.38. The molecule has 0 aliphatic rings. The minimum Gasteiger partial charge on any atom is -0.369 e. The highest BCUT2D eigenvalue weighted by Gasteiger charge is 2.13. The lowest BCUT2D eigenvalue weighted by molar-refractivity contribution is 0.437. The Kier molecular flexibility index (Phi) is 6.47. The Labute approximate surface area is 111 Å². The summed E-state index contributed by atoms with van der Waals surface area (Å²) in [6, 6.07) is 0.427. The molecule has 0 aliphatic heterocycles. The van der Waals surface area contributed by atoms with Crippen molar-refractivity contribution in [1.82, 2.24) is 9.97 Å². The molecule has 0 aromatic carbocycles. The standard InChI is InChI=1S/C14H26N4/c1-5-8-16-13-9-15-10-14(18-13)17-11(4)12(6-2)7-3/h9-12H,5-8H2,1-4H3,(H2,16,17,18). The quantitative estimate of drug-likeness (QED) is 0.741. The van der Waals surface area contributed by atoms with Gasteiger partial charge in [-0.1, -0.05) is 33.6 Å². The second kappa shape index (κ2) is 7.90. The van der Waals surface area contributed by atoms with Gasteiger partial charge in [-0.25, -0.2) is 4.98 Å². The van der Waals surface area contributed by atoms with Crippen molar-refractivity contribution in [3.8, 4) is 0 Å². The Morgan fingerprint density at radius 1 is 1.11 bits per heavy atom.